The van der Waals surface area contributed by atoms with Crippen LogP contribution < -0.4 is 5.73 Å². The maximum absolute atomic E-state index is 15.0. The van der Waals surface area contributed by atoms with E-state index < -0.39 is 126 Å². The zero-order valence-electron chi connectivity index (χ0n) is 38.6. The van der Waals surface area contributed by atoms with Gasteiger partial charge >= 0.3 is 24.9 Å². The summed E-state index contributed by atoms with van der Waals surface area (Å²) in [7, 11) is 0. The molecule has 62 heavy (non-hydrogen) atoms. The van der Waals surface area contributed by atoms with Crippen LogP contribution in [0.2, 0.25) is 0 Å². The van der Waals surface area contributed by atoms with Crippen LogP contribution in [0, 0.1) is 28.6 Å². The molecule has 17 atom stereocenters. The van der Waals surface area contributed by atoms with Gasteiger partial charge in [0.05, 0.1) is 36.6 Å². The number of aliphatic hydroxyl groups is 2. The molecule has 0 amide bonds. The molecule has 17 heteroatoms. The first-order chi connectivity index (χ1) is 29.0. The zero-order chi connectivity index (χ0) is 45.2. The second kappa shape index (κ2) is 17.9. The number of fused-ring (bicyclic) bond motifs is 6. The Kier molecular flexibility index (Phi) is 13.8. The lowest BCUT2D eigenvalue weighted by atomic mass is 9.73. The lowest BCUT2D eigenvalue weighted by Crippen LogP contribution is -2.68. The highest BCUT2D eigenvalue weighted by Gasteiger charge is 2.73. The standard InChI is InChI=1S/C45H73BNO15/c1-24(2)36(47)39(50)54-27(5)30-16-12-11-13-17-32(48)42(7,8)34-21-19-26(4)45(57-34)38-41(52)56-31-23-29(53-28(31)6)15-14-18-33(49)43(9,10)35-22-20-25(3)44(58-35)37(40(51)55-30)59-46(60-38,61-44)62-45/h11-12,24-38,48-49H,13-23,47H2,1-10H3/q-1/p+1/b12-11-. The predicted octanol–water partition coefficient (Wildman–Crippen LogP) is 4.17. The van der Waals surface area contributed by atoms with Crippen molar-refractivity contribution >= 4 is 24.9 Å². The summed E-state index contributed by atoms with van der Waals surface area (Å²) in [5.41, 5.74) is 2.31. The van der Waals surface area contributed by atoms with Gasteiger partial charge in [0.15, 0.2) is 29.8 Å². The average molecular weight is 880 g/mol. The number of carbonyl (C=O) groups excluding carboxylic acids is 3. The van der Waals surface area contributed by atoms with E-state index in [2.05, 4.69) is 5.73 Å². The number of hydrogen-bond donors (Lipinski definition) is 3. The average Bonchev–Trinajstić information content (AvgIpc) is 3.84. The van der Waals surface area contributed by atoms with Crippen LogP contribution in [0.4, 0.5) is 0 Å². The Labute approximate surface area is 366 Å². The van der Waals surface area contributed by atoms with Gasteiger partial charge in [-0.15, -0.1) is 0 Å². The highest BCUT2D eigenvalue weighted by Crippen LogP contribution is 2.57. The van der Waals surface area contributed by atoms with Crippen molar-refractivity contribution in [3.8, 4) is 0 Å². The molecular formula is C45H74BNO15. The molecule has 7 rings (SSSR count). The van der Waals surface area contributed by atoms with Crippen LogP contribution in [-0.2, 0) is 61.4 Å². The molecule has 0 aromatic heterocycles. The summed E-state index contributed by atoms with van der Waals surface area (Å²) in [5.74, 6) is -7.04. The molecule has 5 N–H and O–H groups in total. The van der Waals surface area contributed by atoms with Gasteiger partial charge in [-0.25, -0.2) is 14.4 Å². The molecule has 7 aliphatic rings. The lowest BCUT2D eigenvalue weighted by Gasteiger charge is -2.52. The first-order valence-corrected chi connectivity index (χ1v) is 23.4. The van der Waals surface area contributed by atoms with E-state index in [-0.39, 0.29) is 18.4 Å². The summed E-state index contributed by atoms with van der Waals surface area (Å²) >= 11 is 0. The summed E-state index contributed by atoms with van der Waals surface area (Å²) in [6, 6.07) is -0.652. The number of aliphatic hydroxyl groups excluding tert-OH is 2. The smallest absolute Gasteiger partial charge is 0.504 e. The minimum absolute atomic E-state index is 0.0893. The van der Waals surface area contributed by atoms with Gasteiger partial charge in [-0.2, -0.15) is 0 Å². The molecule has 0 aromatic rings. The summed E-state index contributed by atoms with van der Waals surface area (Å²) in [5, 5.41) is 23.6. The van der Waals surface area contributed by atoms with E-state index >= 15 is 4.79 Å². The molecule has 6 fully saturated rings. The van der Waals surface area contributed by atoms with Crippen molar-refractivity contribution in [3.63, 3.8) is 0 Å². The first-order valence-electron chi connectivity index (χ1n) is 23.4. The van der Waals surface area contributed by atoms with Crippen LogP contribution in [0.25, 0.3) is 0 Å². The number of rotatable bonds is 4. The molecular weight excluding hydrogens is 805 g/mol. The minimum Gasteiger partial charge on any atom is -0.504 e. The van der Waals surface area contributed by atoms with Crippen LogP contribution in [0.1, 0.15) is 140 Å². The summed E-state index contributed by atoms with van der Waals surface area (Å²) in [4.78, 5) is 43.0. The Morgan fingerprint density at radius 2 is 1.34 bits per heavy atom. The highest BCUT2D eigenvalue weighted by molar-refractivity contribution is 6.56. The summed E-state index contributed by atoms with van der Waals surface area (Å²) < 4.78 is 66.1. The maximum Gasteiger partial charge on any atom is 0.536 e. The first kappa shape index (κ1) is 47.8. The van der Waals surface area contributed by atoms with Crippen LogP contribution in [-0.4, -0.2) is 120 Å². The van der Waals surface area contributed by atoms with Gasteiger partial charge in [-0.3, -0.25) is 0 Å². The van der Waals surface area contributed by atoms with E-state index in [1.54, 1.807) is 6.92 Å². The third kappa shape index (κ3) is 8.78. The Morgan fingerprint density at radius 3 is 1.90 bits per heavy atom. The molecule has 352 valence electrons. The van der Waals surface area contributed by atoms with E-state index in [1.165, 1.54) is 0 Å². The number of esters is 3. The van der Waals surface area contributed by atoms with Crippen LogP contribution in [0.15, 0.2) is 12.2 Å². The highest BCUT2D eigenvalue weighted by atomic mass is 17.0. The molecule has 16 nitrogen and oxygen atoms in total. The monoisotopic (exact) mass is 880 g/mol. The van der Waals surface area contributed by atoms with Crippen LogP contribution >= 0.6 is 0 Å². The number of allylic oxidation sites excluding steroid dienone is 1. The van der Waals surface area contributed by atoms with Crippen LogP contribution in [0.5, 0.6) is 0 Å². The van der Waals surface area contributed by atoms with Crippen molar-refractivity contribution in [2.75, 3.05) is 0 Å². The normalized spacial score (nSPS) is 46.3. The maximum atomic E-state index is 15.0. The van der Waals surface area contributed by atoms with E-state index in [0.29, 0.717) is 64.2 Å². The predicted molar refractivity (Wildman–Crippen MR) is 222 cm³/mol. The van der Waals surface area contributed by atoms with Gasteiger partial charge in [0, 0.05) is 41.4 Å². The second-order valence-corrected chi connectivity index (χ2v) is 21.0. The number of hydrogen-bond acceptors (Lipinski definition) is 15. The summed E-state index contributed by atoms with van der Waals surface area (Å²) in [6.07, 6.45) is -0.138. The van der Waals surface area contributed by atoms with E-state index in [0.717, 1.165) is 0 Å². The summed E-state index contributed by atoms with van der Waals surface area (Å²) in [6.45, 7) is 15.3. The molecule has 0 aromatic carbocycles. The Bertz CT molecular complexity index is 1680. The largest absolute Gasteiger partial charge is 0.536 e. The van der Waals surface area contributed by atoms with E-state index in [9.17, 15) is 19.8 Å². The molecule has 6 saturated heterocycles. The fraction of sp³-hybridized carbons (Fsp3) is 0.889. The van der Waals surface area contributed by atoms with Crippen molar-refractivity contribution in [2.45, 2.75) is 225 Å². The Morgan fingerprint density at radius 1 is 0.790 bits per heavy atom. The SMILES string of the molecule is CC(C)C([NH3+])C(=O)OC(C)C1C/C=C\CCC(O)C(C)(C)C2CCC(C)C3(O2)O[B-]24OC(C(=O)O1)C1(OC(CCC1C)C(C)(C)C(O)CCCC1CC(OC(=O)C3O2)C(C)O1)O4. The van der Waals surface area contributed by atoms with E-state index in [1.807, 2.05) is 74.5 Å². The molecule has 0 radical (unpaired) electrons. The molecule has 9 bridgehead atoms. The number of ether oxygens (including phenoxy) is 6. The van der Waals surface area contributed by atoms with E-state index in [4.69, 9.17) is 47.0 Å². The van der Waals surface area contributed by atoms with Gasteiger partial charge in [-0.1, -0.05) is 67.5 Å². The van der Waals surface area contributed by atoms with Crippen LogP contribution in [0.3, 0.4) is 0 Å². The van der Waals surface area contributed by atoms with Crippen molar-refractivity contribution < 1.29 is 77.4 Å². The number of cyclic esters (lactones) is 1. The molecule has 7 aliphatic heterocycles. The molecule has 7 heterocycles. The van der Waals surface area contributed by atoms with Crippen molar-refractivity contribution in [2.24, 2.45) is 28.6 Å². The lowest BCUT2D eigenvalue weighted by molar-refractivity contribution is -0.419. The zero-order valence-corrected chi connectivity index (χ0v) is 38.6. The fourth-order valence-electron chi connectivity index (χ4n) is 10.6. The van der Waals surface area contributed by atoms with Crippen molar-refractivity contribution in [1.82, 2.24) is 0 Å². The van der Waals surface area contributed by atoms with Crippen molar-refractivity contribution in [1.29, 1.82) is 0 Å². The fourth-order valence-corrected chi connectivity index (χ4v) is 10.6. The molecule has 0 saturated carbocycles. The van der Waals surface area contributed by atoms with Gasteiger partial charge in [0.25, 0.3) is 0 Å². The second-order valence-electron chi connectivity index (χ2n) is 21.0. The number of quaternary nitrogens is 1. The van der Waals surface area contributed by atoms with Gasteiger partial charge in [-0.05, 0) is 71.6 Å². The van der Waals surface area contributed by atoms with Gasteiger partial charge in [0.1, 0.15) is 18.3 Å². The topological polar surface area (TPSA) is 212 Å². The Balaban J connectivity index is 1.36. The third-order valence-corrected chi connectivity index (χ3v) is 15.6. The Hall–Kier alpha value is -2.19. The third-order valence-electron chi connectivity index (χ3n) is 15.6. The number of carbonyl (C=O) groups is 3. The minimum atomic E-state index is -3.52. The molecule has 17 unspecified atom stereocenters. The quantitative estimate of drug-likeness (QED) is 0.157. The molecule has 3 spiro atoms. The van der Waals surface area contributed by atoms with Gasteiger partial charge in [0.2, 0.25) is 0 Å². The van der Waals surface area contributed by atoms with Crippen molar-refractivity contribution in [3.05, 3.63) is 12.2 Å². The molecule has 0 aliphatic carbocycles. The van der Waals surface area contributed by atoms with Gasteiger partial charge < -0.3 is 63.0 Å².